The van der Waals surface area contributed by atoms with E-state index < -0.39 is 17.5 Å². The number of aromatic nitrogens is 1. The van der Waals surface area contributed by atoms with E-state index in [-0.39, 0.29) is 42.4 Å². The first-order valence-electron chi connectivity index (χ1n) is 8.98. The second-order valence-corrected chi connectivity index (χ2v) is 6.35. The molecule has 0 bridgehead atoms. The van der Waals surface area contributed by atoms with E-state index in [2.05, 4.69) is 4.98 Å². The second-order valence-electron chi connectivity index (χ2n) is 6.35. The Labute approximate surface area is 168 Å². The molecule has 0 saturated heterocycles. The van der Waals surface area contributed by atoms with Crippen molar-refractivity contribution in [1.82, 2.24) is 9.88 Å². The van der Waals surface area contributed by atoms with Gasteiger partial charge < -0.3 is 19.6 Å². The molecule has 0 unspecified atom stereocenters. The molecule has 0 spiro atoms. The summed E-state index contributed by atoms with van der Waals surface area (Å²) in [5.41, 5.74) is 0.665. The molecule has 1 aliphatic carbocycles. The summed E-state index contributed by atoms with van der Waals surface area (Å²) in [5.74, 6) is -1.47. The molecule has 1 amide bonds. The Bertz CT molecular complexity index is 971. The summed E-state index contributed by atoms with van der Waals surface area (Å²) < 4.78 is 4.90. The van der Waals surface area contributed by atoms with Crippen LogP contribution in [-0.2, 0) is 9.53 Å². The Morgan fingerprint density at radius 2 is 1.79 bits per heavy atom. The average Bonchev–Trinajstić information content (AvgIpc) is 2.75. The van der Waals surface area contributed by atoms with Crippen molar-refractivity contribution >= 4 is 23.2 Å². The van der Waals surface area contributed by atoms with Crippen molar-refractivity contribution in [2.24, 2.45) is 0 Å². The van der Waals surface area contributed by atoms with Crippen LogP contribution < -0.4 is 4.90 Å². The third-order valence-corrected chi connectivity index (χ3v) is 4.56. The van der Waals surface area contributed by atoms with E-state index in [1.165, 1.54) is 31.3 Å². The minimum atomic E-state index is -0.496. The number of rotatable bonds is 7. The zero-order valence-corrected chi connectivity index (χ0v) is 16.2. The summed E-state index contributed by atoms with van der Waals surface area (Å²) >= 11 is 0. The smallest absolute Gasteiger partial charge is 0.252 e. The van der Waals surface area contributed by atoms with Gasteiger partial charge in [-0.05, 0) is 24.3 Å². The molecule has 150 valence electrons. The summed E-state index contributed by atoms with van der Waals surface area (Å²) in [7, 11) is 2.79. The van der Waals surface area contributed by atoms with Gasteiger partial charge in [0.25, 0.3) is 5.91 Å². The van der Waals surface area contributed by atoms with E-state index in [1.807, 2.05) is 6.07 Å². The highest BCUT2D eigenvalue weighted by atomic mass is 16.5. The molecule has 8 nitrogen and oxygen atoms in total. The molecular formula is C21H21N3O5. The number of ketones is 2. The van der Waals surface area contributed by atoms with E-state index in [0.29, 0.717) is 5.69 Å². The number of likely N-dealkylation sites (N-methyl/N-ethyl adjacent to an activating group) is 1. The number of pyridine rings is 1. The van der Waals surface area contributed by atoms with Gasteiger partial charge in [-0.25, -0.2) is 0 Å². The predicted octanol–water partition coefficient (Wildman–Crippen LogP) is 1.28. The molecule has 3 rings (SSSR count). The lowest BCUT2D eigenvalue weighted by Crippen LogP contribution is -2.43. The number of carbonyl (C=O) groups is 3. The molecule has 0 atom stereocenters. The van der Waals surface area contributed by atoms with E-state index >= 15 is 0 Å². The van der Waals surface area contributed by atoms with Crippen LogP contribution in [0.25, 0.3) is 0 Å². The molecule has 0 radical (unpaired) electrons. The van der Waals surface area contributed by atoms with Gasteiger partial charge in [-0.3, -0.25) is 19.4 Å². The number of anilines is 1. The molecule has 1 aromatic heterocycles. The molecule has 2 aromatic rings. The molecular weight excluding hydrogens is 374 g/mol. The van der Waals surface area contributed by atoms with Gasteiger partial charge in [0, 0.05) is 32.6 Å². The van der Waals surface area contributed by atoms with Gasteiger partial charge >= 0.3 is 0 Å². The monoisotopic (exact) mass is 395 g/mol. The van der Waals surface area contributed by atoms with Crippen molar-refractivity contribution in [1.29, 1.82) is 0 Å². The topological polar surface area (TPSA) is 100 Å². The van der Waals surface area contributed by atoms with Crippen LogP contribution in [0.4, 0.5) is 5.69 Å². The number of para-hydroxylation sites is 1. The minimum Gasteiger partial charge on any atom is -0.395 e. The minimum absolute atomic E-state index is 0.00611. The first kappa shape index (κ1) is 20.4. The van der Waals surface area contributed by atoms with Crippen molar-refractivity contribution in [3.63, 3.8) is 0 Å². The van der Waals surface area contributed by atoms with Crippen LogP contribution in [0.5, 0.6) is 0 Å². The van der Waals surface area contributed by atoms with Gasteiger partial charge in [0.1, 0.15) is 23.7 Å². The number of benzene rings is 1. The maximum atomic E-state index is 13.4. The number of methoxy groups -OCH3 is 1. The number of carbonyl (C=O) groups excluding carboxylic acids is 3. The van der Waals surface area contributed by atoms with Gasteiger partial charge in [-0.15, -0.1) is 0 Å². The summed E-state index contributed by atoms with van der Waals surface area (Å²) in [6.07, 6.45) is 1.44. The Hall–Kier alpha value is -3.36. The fourth-order valence-electron chi connectivity index (χ4n) is 3.21. The van der Waals surface area contributed by atoms with Crippen molar-refractivity contribution < 1.29 is 24.2 Å². The van der Waals surface area contributed by atoms with E-state index in [0.717, 1.165) is 4.90 Å². The third kappa shape index (κ3) is 3.80. The third-order valence-electron chi connectivity index (χ3n) is 4.56. The van der Waals surface area contributed by atoms with Crippen LogP contribution in [-0.4, -0.2) is 66.4 Å². The maximum absolute atomic E-state index is 13.4. The maximum Gasteiger partial charge on any atom is 0.252 e. The number of fused-ring (bicyclic) bond motifs is 1. The molecule has 1 heterocycles. The highest BCUT2D eigenvalue weighted by Crippen LogP contribution is 2.31. The molecule has 29 heavy (non-hydrogen) atoms. The van der Waals surface area contributed by atoms with Crippen molar-refractivity contribution in [2.45, 2.75) is 0 Å². The number of nitrogens with zero attached hydrogens (tertiary/aromatic N) is 3. The molecule has 0 aliphatic heterocycles. The molecule has 1 aromatic carbocycles. The second kappa shape index (κ2) is 8.76. The summed E-state index contributed by atoms with van der Waals surface area (Å²) in [6.45, 7) is -0.464. The first-order chi connectivity index (χ1) is 14.0. The largest absolute Gasteiger partial charge is 0.395 e. The lowest BCUT2D eigenvalue weighted by molar-refractivity contribution is -0.131. The van der Waals surface area contributed by atoms with Crippen LogP contribution in [0.2, 0.25) is 0 Å². The number of allylic oxidation sites excluding steroid dienone is 2. The number of aliphatic hydroxyl groups is 1. The molecule has 8 heteroatoms. The zero-order valence-electron chi connectivity index (χ0n) is 16.2. The van der Waals surface area contributed by atoms with Gasteiger partial charge in [-0.1, -0.05) is 18.2 Å². The van der Waals surface area contributed by atoms with Crippen LogP contribution in [0.1, 0.15) is 20.8 Å². The van der Waals surface area contributed by atoms with Crippen LogP contribution in [0.3, 0.4) is 0 Å². The van der Waals surface area contributed by atoms with Gasteiger partial charge in [0.2, 0.25) is 11.6 Å². The first-order valence-corrected chi connectivity index (χ1v) is 8.98. The van der Waals surface area contributed by atoms with E-state index in [1.54, 1.807) is 30.3 Å². The Kier molecular flexibility index (Phi) is 6.16. The zero-order chi connectivity index (χ0) is 21.0. The molecule has 1 aliphatic rings. The van der Waals surface area contributed by atoms with Crippen LogP contribution in [0.15, 0.2) is 60.1 Å². The Morgan fingerprint density at radius 3 is 2.45 bits per heavy atom. The fourth-order valence-corrected chi connectivity index (χ4v) is 3.21. The van der Waals surface area contributed by atoms with Gasteiger partial charge in [-0.2, -0.15) is 0 Å². The van der Waals surface area contributed by atoms with Crippen LogP contribution in [0, 0.1) is 0 Å². The number of hydrogen-bond acceptors (Lipinski definition) is 7. The lowest BCUT2D eigenvalue weighted by atomic mass is 9.92. The fraction of sp³-hybridized carbons (Fsp3) is 0.238. The summed E-state index contributed by atoms with van der Waals surface area (Å²) in [4.78, 5) is 45.9. The van der Waals surface area contributed by atoms with Crippen molar-refractivity contribution in [2.75, 3.05) is 38.8 Å². The van der Waals surface area contributed by atoms with E-state index in [9.17, 15) is 19.5 Å². The quantitative estimate of drug-likeness (QED) is 0.754. The summed E-state index contributed by atoms with van der Waals surface area (Å²) in [6, 6.07) is 11.9. The molecule has 0 fully saturated rings. The predicted molar refractivity (Wildman–Crippen MR) is 105 cm³/mol. The summed E-state index contributed by atoms with van der Waals surface area (Å²) in [5, 5.41) is 9.62. The van der Waals surface area contributed by atoms with E-state index in [4.69, 9.17) is 4.74 Å². The SMILES string of the molecule is COCC(=O)N(C)C1=C(N(CCO)c2ccccc2)C(=O)c2ncccc2C1=O. The van der Waals surface area contributed by atoms with Crippen molar-refractivity contribution in [3.8, 4) is 0 Å². The number of aliphatic hydroxyl groups excluding tert-OH is 1. The van der Waals surface area contributed by atoms with Crippen molar-refractivity contribution in [3.05, 3.63) is 71.3 Å². The highest BCUT2D eigenvalue weighted by molar-refractivity contribution is 6.27. The number of hydrogen-bond donors (Lipinski definition) is 1. The molecule has 0 saturated carbocycles. The highest BCUT2D eigenvalue weighted by Gasteiger charge is 2.39. The van der Waals surface area contributed by atoms with Gasteiger partial charge in [0.05, 0.1) is 12.2 Å². The molecule has 1 N–H and O–H groups in total. The Balaban J connectivity index is 2.25. The Morgan fingerprint density at radius 1 is 1.07 bits per heavy atom. The van der Waals surface area contributed by atoms with Crippen LogP contribution >= 0.6 is 0 Å². The average molecular weight is 395 g/mol. The number of amides is 1. The normalized spacial score (nSPS) is 13.3. The lowest BCUT2D eigenvalue weighted by Gasteiger charge is -2.33. The number of ether oxygens (including phenoxy) is 1. The standard InChI is InChI=1S/C21H21N3O5/c1-23(16(26)13-29-2)18-19(24(11-12-25)14-7-4-3-5-8-14)21(28)17-15(20(18)27)9-6-10-22-17/h3-10,25H,11-13H2,1-2H3. The number of Topliss-reactive ketones (excluding diaryl/α,β-unsaturated/α-hetero) is 2. The van der Waals surface area contributed by atoms with Gasteiger partial charge in [0.15, 0.2) is 0 Å².